The highest BCUT2D eigenvalue weighted by molar-refractivity contribution is 8.13. The number of hydrogen-bond acceptors (Lipinski definition) is 4. The summed E-state index contributed by atoms with van der Waals surface area (Å²) in [4.78, 5) is 32.7. The molecule has 0 spiro atoms. The van der Waals surface area contributed by atoms with Crippen molar-refractivity contribution in [1.82, 2.24) is 4.90 Å². The molecule has 0 aliphatic carbocycles. The summed E-state index contributed by atoms with van der Waals surface area (Å²) in [6.45, 7) is 1.22. The molecule has 7 heteroatoms. The highest BCUT2D eigenvalue weighted by atomic mass is 32.2. The molecular formula is C7H11NO5S. The number of hydrogen-bond donors (Lipinski definition) is 2. The van der Waals surface area contributed by atoms with Crippen LogP contribution >= 0.6 is 11.8 Å². The molecule has 1 atom stereocenters. The standard InChI is InChI=1S/C7H11NO5S/c1-4(9)8(2)5(6(10)11)3-14-7(12)13/h5H,3H2,1-2H3,(H,10,11)(H,12,13)/t5-/m0/s1. The number of carbonyl (C=O) groups excluding carboxylic acids is 1. The van der Waals surface area contributed by atoms with Crippen molar-refractivity contribution in [3.8, 4) is 0 Å². The Balaban J connectivity index is 4.37. The zero-order valence-electron chi connectivity index (χ0n) is 7.76. The summed E-state index contributed by atoms with van der Waals surface area (Å²) >= 11 is 0.455. The second-order valence-corrected chi connectivity index (χ2v) is 3.53. The van der Waals surface area contributed by atoms with E-state index in [-0.39, 0.29) is 5.75 Å². The minimum Gasteiger partial charge on any atom is -0.480 e. The van der Waals surface area contributed by atoms with Crippen LogP contribution in [0.2, 0.25) is 0 Å². The zero-order valence-corrected chi connectivity index (χ0v) is 8.58. The van der Waals surface area contributed by atoms with Crippen LogP contribution in [-0.2, 0) is 9.59 Å². The molecule has 6 nitrogen and oxygen atoms in total. The van der Waals surface area contributed by atoms with Gasteiger partial charge < -0.3 is 15.1 Å². The van der Waals surface area contributed by atoms with E-state index in [0.29, 0.717) is 11.8 Å². The molecule has 0 unspecified atom stereocenters. The monoisotopic (exact) mass is 221 g/mol. The first-order chi connectivity index (χ1) is 6.36. The molecule has 0 radical (unpaired) electrons. The first kappa shape index (κ1) is 12.8. The van der Waals surface area contributed by atoms with Crippen molar-refractivity contribution in [2.24, 2.45) is 0 Å². The maximum atomic E-state index is 10.8. The van der Waals surface area contributed by atoms with Crippen LogP contribution < -0.4 is 0 Å². The molecule has 2 N–H and O–H groups in total. The van der Waals surface area contributed by atoms with Crippen molar-refractivity contribution in [3.05, 3.63) is 0 Å². The van der Waals surface area contributed by atoms with Crippen LogP contribution in [0.25, 0.3) is 0 Å². The lowest BCUT2D eigenvalue weighted by Gasteiger charge is -2.22. The molecule has 1 amide bonds. The number of carboxylic acid groups (broad SMARTS) is 2. The maximum Gasteiger partial charge on any atom is 0.364 e. The lowest BCUT2D eigenvalue weighted by Crippen LogP contribution is -2.43. The Kier molecular flexibility index (Phi) is 5.00. The van der Waals surface area contributed by atoms with E-state index in [1.807, 2.05) is 0 Å². The van der Waals surface area contributed by atoms with Gasteiger partial charge in [-0.2, -0.15) is 0 Å². The van der Waals surface area contributed by atoms with E-state index < -0.39 is 23.2 Å². The summed E-state index contributed by atoms with van der Waals surface area (Å²) in [5, 5.41) is 15.9. The molecule has 0 aliphatic rings. The largest absolute Gasteiger partial charge is 0.480 e. The Morgan fingerprint density at radius 3 is 2.14 bits per heavy atom. The van der Waals surface area contributed by atoms with Gasteiger partial charge in [0.05, 0.1) is 0 Å². The van der Waals surface area contributed by atoms with E-state index in [1.54, 1.807) is 0 Å². The number of likely N-dealkylation sites (N-methyl/N-ethyl adjacent to an activating group) is 1. The van der Waals surface area contributed by atoms with Gasteiger partial charge in [0, 0.05) is 19.7 Å². The topological polar surface area (TPSA) is 94.9 Å². The number of nitrogens with zero attached hydrogens (tertiary/aromatic N) is 1. The highest BCUT2D eigenvalue weighted by Gasteiger charge is 2.25. The molecule has 0 aromatic heterocycles. The Hall–Kier alpha value is -1.24. The first-order valence-corrected chi connectivity index (χ1v) is 4.66. The van der Waals surface area contributed by atoms with Crippen molar-refractivity contribution in [2.75, 3.05) is 12.8 Å². The second-order valence-electron chi connectivity index (χ2n) is 2.56. The molecule has 80 valence electrons. The minimum atomic E-state index is -1.21. The van der Waals surface area contributed by atoms with Gasteiger partial charge in [0.2, 0.25) is 5.91 Å². The summed E-state index contributed by atoms with van der Waals surface area (Å²) in [6, 6.07) is -1.10. The van der Waals surface area contributed by atoms with Gasteiger partial charge in [-0.1, -0.05) is 0 Å². The molecule has 0 saturated carbocycles. The molecule has 0 heterocycles. The van der Waals surface area contributed by atoms with Crippen LogP contribution in [0.1, 0.15) is 6.92 Å². The minimum absolute atomic E-state index is 0.166. The van der Waals surface area contributed by atoms with Crippen molar-refractivity contribution in [3.63, 3.8) is 0 Å². The van der Waals surface area contributed by atoms with E-state index in [4.69, 9.17) is 10.2 Å². The molecular weight excluding hydrogens is 210 g/mol. The molecule has 0 aromatic carbocycles. The third-order valence-corrected chi connectivity index (χ3v) is 2.34. The number of rotatable bonds is 4. The summed E-state index contributed by atoms with van der Waals surface area (Å²) in [5.41, 5.74) is 0. The number of carboxylic acids is 1. The number of aliphatic carboxylic acids is 1. The predicted octanol–water partition coefficient (Wildman–Crippen LogP) is 0.329. The van der Waals surface area contributed by atoms with Gasteiger partial charge in [-0.05, 0) is 11.8 Å². The van der Waals surface area contributed by atoms with Gasteiger partial charge in [-0.15, -0.1) is 0 Å². The van der Waals surface area contributed by atoms with Crippen LogP contribution in [0.5, 0.6) is 0 Å². The van der Waals surface area contributed by atoms with E-state index in [1.165, 1.54) is 14.0 Å². The number of amides is 1. The van der Waals surface area contributed by atoms with E-state index in [2.05, 4.69) is 0 Å². The highest BCUT2D eigenvalue weighted by Crippen LogP contribution is 2.09. The summed E-state index contributed by atoms with van der Waals surface area (Å²) in [6.07, 6.45) is 0. The van der Waals surface area contributed by atoms with E-state index >= 15 is 0 Å². The van der Waals surface area contributed by atoms with Crippen LogP contribution in [0, 0.1) is 0 Å². The molecule has 0 rings (SSSR count). The molecule has 0 saturated heterocycles. The molecule has 0 fully saturated rings. The van der Waals surface area contributed by atoms with Crippen LogP contribution in [-0.4, -0.2) is 51.1 Å². The average molecular weight is 221 g/mol. The zero-order chi connectivity index (χ0) is 11.3. The Morgan fingerprint density at radius 1 is 1.36 bits per heavy atom. The normalized spacial score (nSPS) is 11.9. The van der Waals surface area contributed by atoms with Crippen LogP contribution in [0.3, 0.4) is 0 Å². The van der Waals surface area contributed by atoms with Crippen molar-refractivity contribution >= 4 is 28.9 Å². The maximum absolute atomic E-state index is 10.8. The lowest BCUT2D eigenvalue weighted by atomic mass is 10.3. The molecule has 14 heavy (non-hydrogen) atoms. The Morgan fingerprint density at radius 2 is 1.86 bits per heavy atom. The van der Waals surface area contributed by atoms with E-state index in [9.17, 15) is 14.4 Å². The Labute approximate surface area is 84.9 Å². The summed E-state index contributed by atoms with van der Waals surface area (Å²) in [5.74, 6) is -1.79. The fourth-order valence-electron chi connectivity index (χ4n) is 0.718. The second kappa shape index (κ2) is 5.48. The number of carbonyl (C=O) groups is 3. The summed E-state index contributed by atoms with van der Waals surface area (Å²) in [7, 11) is 1.32. The predicted molar refractivity (Wildman–Crippen MR) is 50.4 cm³/mol. The average Bonchev–Trinajstić information content (AvgIpc) is 2.02. The van der Waals surface area contributed by atoms with Gasteiger partial charge in [0.1, 0.15) is 6.04 Å². The van der Waals surface area contributed by atoms with Gasteiger partial charge >= 0.3 is 11.3 Å². The van der Waals surface area contributed by atoms with Gasteiger partial charge in [-0.25, -0.2) is 9.59 Å². The van der Waals surface area contributed by atoms with Gasteiger partial charge in [0.25, 0.3) is 0 Å². The third-order valence-electron chi connectivity index (χ3n) is 1.61. The van der Waals surface area contributed by atoms with Gasteiger partial charge in [-0.3, -0.25) is 4.79 Å². The fraction of sp³-hybridized carbons (Fsp3) is 0.571. The first-order valence-electron chi connectivity index (χ1n) is 3.68. The van der Waals surface area contributed by atoms with Crippen molar-refractivity contribution < 1.29 is 24.6 Å². The van der Waals surface area contributed by atoms with Crippen LogP contribution in [0.15, 0.2) is 0 Å². The third kappa shape index (κ3) is 4.13. The Bertz CT molecular complexity index is 254. The van der Waals surface area contributed by atoms with Crippen molar-refractivity contribution in [2.45, 2.75) is 13.0 Å². The number of thioether (sulfide) groups is 1. The molecule has 0 aliphatic heterocycles. The quantitative estimate of drug-likeness (QED) is 0.710. The van der Waals surface area contributed by atoms with Gasteiger partial charge in [0.15, 0.2) is 0 Å². The smallest absolute Gasteiger partial charge is 0.364 e. The molecule has 0 bridgehead atoms. The van der Waals surface area contributed by atoms with E-state index in [0.717, 1.165) is 4.90 Å². The SMILES string of the molecule is CC(=O)N(C)[C@@H](CSC(=O)O)C(=O)O. The lowest BCUT2D eigenvalue weighted by molar-refractivity contribution is -0.147. The molecule has 0 aromatic rings. The van der Waals surface area contributed by atoms with Crippen molar-refractivity contribution in [1.29, 1.82) is 0 Å². The fourth-order valence-corrected chi connectivity index (χ4v) is 1.39. The summed E-state index contributed by atoms with van der Waals surface area (Å²) < 4.78 is 0. The van der Waals surface area contributed by atoms with Crippen LogP contribution in [0.4, 0.5) is 4.79 Å².